The first-order valence-electron chi connectivity index (χ1n) is 5.02. The van der Waals surface area contributed by atoms with Crippen LogP contribution in [0, 0.1) is 6.92 Å². The Labute approximate surface area is 94.1 Å². The van der Waals surface area contributed by atoms with Gasteiger partial charge in [-0.1, -0.05) is 18.2 Å². The highest BCUT2D eigenvalue weighted by Crippen LogP contribution is 2.23. The van der Waals surface area contributed by atoms with Crippen molar-refractivity contribution >= 4 is 11.4 Å². The normalized spacial score (nSPS) is 10.8. The molecule has 0 heterocycles. The van der Waals surface area contributed by atoms with Crippen molar-refractivity contribution in [2.75, 3.05) is 0 Å². The van der Waals surface area contributed by atoms with Crippen LogP contribution in [-0.4, -0.2) is 5.11 Å². The molecule has 0 saturated carbocycles. The van der Waals surface area contributed by atoms with Crippen molar-refractivity contribution in [1.82, 2.24) is 0 Å². The maximum atomic E-state index is 9.36. The van der Waals surface area contributed by atoms with Crippen LogP contribution < -0.4 is 0 Å². The Morgan fingerprint density at radius 1 is 0.875 bits per heavy atom. The average Bonchev–Trinajstić information content (AvgIpc) is 2.32. The number of phenols is 1. The SMILES string of the molecule is Cc1cc(/N=N/c2ccccc2)ccc1O. The minimum atomic E-state index is 0.277. The number of benzene rings is 2. The molecule has 80 valence electrons. The summed E-state index contributed by atoms with van der Waals surface area (Å²) >= 11 is 0. The molecule has 0 aliphatic carbocycles. The van der Waals surface area contributed by atoms with Crippen LogP contribution in [0.15, 0.2) is 58.8 Å². The van der Waals surface area contributed by atoms with Crippen LogP contribution in [0.5, 0.6) is 5.75 Å². The maximum absolute atomic E-state index is 9.36. The highest BCUT2D eigenvalue weighted by atomic mass is 16.3. The van der Waals surface area contributed by atoms with Gasteiger partial charge >= 0.3 is 0 Å². The number of hydrogen-bond donors (Lipinski definition) is 1. The van der Waals surface area contributed by atoms with Crippen molar-refractivity contribution in [3.63, 3.8) is 0 Å². The van der Waals surface area contributed by atoms with Crippen molar-refractivity contribution < 1.29 is 5.11 Å². The van der Waals surface area contributed by atoms with Crippen molar-refractivity contribution in [2.45, 2.75) is 6.92 Å². The van der Waals surface area contributed by atoms with Gasteiger partial charge in [0.15, 0.2) is 0 Å². The number of aryl methyl sites for hydroxylation is 1. The van der Waals surface area contributed by atoms with E-state index < -0.39 is 0 Å². The molecule has 1 N–H and O–H groups in total. The van der Waals surface area contributed by atoms with Gasteiger partial charge in [-0.2, -0.15) is 10.2 Å². The molecule has 16 heavy (non-hydrogen) atoms. The second-order valence-electron chi connectivity index (χ2n) is 3.51. The molecule has 2 aromatic carbocycles. The molecule has 2 rings (SSSR count). The van der Waals surface area contributed by atoms with Gasteiger partial charge in [0.2, 0.25) is 0 Å². The summed E-state index contributed by atoms with van der Waals surface area (Å²) in [7, 11) is 0. The molecule has 2 aromatic rings. The van der Waals surface area contributed by atoms with E-state index in [1.54, 1.807) is 18.2 Å². The largest absolute Gasteiger partial charge is 0.508 e. The predicted molar refractivity (Wildman–Crippen MR) is 63.5 cm³/mol. The number of nitrogens with zero attached hydrogens (tertiary/aromatic N) is 2. The van der Waals surface area contributed by atoms with Gasteiger partial charge in [0.05, 0.1) is 11.4 Å². The van der Waals surface area contributed by atoms with E-state index in [2.05, 4.69) is 10.2 Å². The van der Waals surface area contributed by atoms with Crippen molar-refractivity contribution in [3.8, 4) is 5.75 Å². The fraction of sp³-hybridized carbons (Fsp3) is 0.0769. The zero-order chi connectivity index (χ0) is 11.4. The number of azo groups is 1. The summed E-state index contributed by atoms with van der Waals surface area (Å²) in [6, 6.07) is 14.7. The van der Waals surface area contributed by atoms with Crippen molar-refractivity contribution in [3.05, 3.63) is 54.1 Å². The van der Waals surface area contributed by atoms with Gasteiger partial charge < -0.3 is 5.11 Å². The molecular formula is C13H12N2O. The van der Waals surface area contributed by atoms with Crippen LogP contribution in [0.1, 0.15) is 5.56 Å². The summed E-state index contributed by atoms with van der Waals surface area (Å²) in [4.78, 5) is 0. The molecule has 0 atom stereocenters. The number of phenolic OH excluding ortho intramolecular Hbond substituents is 1. The molecule has 3 nitrogen and oxygen atoms in total. The number of rotatable bonds is 2. The van der Waals surface area contributed by atoms with E-state index >= 15 is 0 Å². The van der Waals surface area contributed by atoms with Gasteiger partial charge in [0.1, 0.15) is 5.75 Å². The third-order valence-corrected chi connectivity index (χ3v) is 2.22. The Bertz CT molecular complexity index is 507. The molecular weight excluding hydrogens is 200 g/mol. The molecule has 0 radical (unpaired) electrons. The van der Waals surface area contributed by atoms with Crippen LogP contribution in [0.4, 0.5) is 11.4 Å². The van der Waals surface area contributed by atoms with E-state index in [0.717, 1.165) is 16.9 Å². The zero-order valence-corrected chi connectivity index (χ0v) is 8.96. The number of hydrogen-bond acceptors (Lipinski definition) is 3. The number of aromatic hydroxyl groups is 1. The summed E-state index contributed by atoms with van der Waals surface area (Å²) in [6.07, 6.45) is 0. The Hall–Kier alpha value is -2.16. The highest BCUT2D eigenvalue weighted by molar-refractivity contribution is 5.46. The fourth-order valence-corrected chi connectivity index (χ4v) is 1.31. The van der Waals surface area contributed by atoms with Crippen molar-refractivity contribution in [2.24, 2.45) is 10.2 Å². The molecule has 0 amide bonds. The van der Waals surface area contributed by atoms with Crippen LogP contribution >= 0.6 is 0 Å². The first-order valence-corrected chi connectivity index (χ1v) is 5.02. The van der Waals surface area contributed by atoms with E-state index in [1.807, 2.05) is 37.3 Å². The molecule has 0 aromatic heterocycles. The minimum absolute atomic E-state index is 0.277. The summed E-state index contributed by atoms with van der Waals surface area (Å²) in [5.41, 5.74) is 2.34. The van der Waals surface area contributed by atoms with Gasteiger partial charge in [-0.15, -0.1) is 0 Å². The Kier molecular flexibility index (Phi) is 2.96. The van der Waals surface area contributed by atoms with Crippen molar-refractivity contribution in [1.29, 1.82) is 0 Å². The molecule has 0 aliphatic rings. The van der Waals surface area contributed by atoms with Gasteiger partial charge in [-0.25, -0.2) is 0 Å². The quantitative estimate of drug-likeness (QED) is 0.748. The summed E-state index contributed by atoms with van der Waals surface area (Å²) in [6.45, 7) is 1.83. The van der Waals surface area contributed by atoms with E-state index in [9.17, 15) is 5.11 Å². The molecule has 0 fully saturated rings. The molecule has 0 spiro atoms. The molecule has 3 heteroatoms. The lowest BCUT2D eigenvalue weighted by Crippen LogP contribution is -1.72. The lowest BCUT2D eigenvalue weighted by molar-refractivity contribution is 0.471. The Morgan fingerprint density at radius 3 is 2.25 bits per heavy atom. The monoisotopic (exact) mass is 212 g/mol. The maximum Gasteiger partial charge on any atom is 0.118 e. The molecule has 0 saturated heterocycles. The lowest BCUT2D eigenvalue weighted by atomic mass is 10.2. The summed E-state index contributed by atoms with van der Waals surface area (Å²) in [5, 5.41) is 17.5. The van der Waals surface area contributed by atoms with Crippen LogP contribution in [-0.2, 0) is 0 Å². The molecule has 0 bridgehead atoms. The van der Waals surface area contributed by atoms with E-state index in [0.29, 0.717) is 0 Å². The fourth-order valence-electron chi connectivity index (χ4n) is 1.31. The smallest absolute Gasteiger partial charge is 0.118 e. The van der Waals surface area contributed by atoms with Gasteiger partial charge in [0.25, 0.3) is 0 Å². The van der Waals surface area contributed by atoms with Crippen LogP contribution in [0.25, 0.3) is 0 Å². The van der Waals surface area contributed by atoms with E-state index in [4.69, 9.17) is 0 Å². The standard InChI is InChI=1S/C13H12N2O/c1-10-9-12(7-8-13(10)16)15-14-11-5-3-2-4-6-11/h2-9,16H,1H3/b15-14+. The van der Waals surface area contributed by atoms with E-state index in [1.165, 1.54) is 0 Å². The third-order valence-electron chi connectivity index (χ3n) is 2.22. The lowest BCUT2D eigenvalue weighted by Gasteiger charge is -1.98. The molecule has 0 unspecified atom stereocenters. The first-order chi connectivity index (χ1) is 7.75. The Morgan fingerprint density at radius 2 is 1.56 bits per heavy atom. The Balaban J connectivity index is 2.21. The second kappa shape index (κ2) is 4.57. The molecule has 0 aliphatic heterocycles. The summed E-state index contributed by atoms with van der Waals surface area (Å²) < 4.78 is 0. The topological polar surface area (TPSA) is 45.0 Å². The minimum Gasteiger partial charge on any atom is -0.508 e. The van der Waals surface area contributed by atoms with Crippen LogP contribution in [0.2, 0.25) is 0 Å². The van der Waals surface area contributed by atoms with Crippen LogP contribution in [0.3, 0.4) is 0 Å². The summed E-state index contributed by atoms with van der Waals surface area (Å²) in [5.74, 6) is 0.277. The van der Waals surface area contributed by atoms with Gasteiger partial charge in [0, 0.05) is 0 Å². The van der Waals surface area contributed by atoms with E-state index in [-0.39, 0.29) is 5.75 Å². The highest BCUT2D eigenvalue weighted by Gasteiger charge is 1.96. The first kappa shape index (κ1) is 10.4. The third kappa shape index (κ3) is 2.45. The van der Waals surface area contributed by atoms with Gasteiger partial charge in [-0.3, -0.25) is 0 Å². The second-order valence-corrected chi connectivity index (χ2v) is 3.51. The zero-order valence-electron chi connectivity index (χ0n) is 8.96. The average molecular weight is 212 g/mol. The predicted octanol–water partition coefficient (Wildman–Crippen LogP) is 4.12. The van der Waals surface area contributed by atoms with Gasteiger partial charge in [-0.05, 0) is 42.8 Å².